The number of hydrogen-bond acceptors (Lipinski definition) is 5. The molecule has 0 saturated carbocycles. The van der Waals surface area contributed by atoms with Gasteiger partial charge in [0.1, 0.15) is 5.75 Å². The molecule has 1 atom stereocenters. The molecule has 34 heavy (non-hydrogen) atoms. The molecule has 2 aliphatic heterocycles. The van der Waals surface area contributed by atoms with Crippen LogP contribution in [0.4, 0.5) is 0 Å². The van der Waals surface area contributed by atoms with Gasteiger partial charge in [-0.3, -0.25) is 9.78 Å². The summed E-state index contributed by atoms with van der Waals surface area (Å²) in [4.78, 5) is 22.2. The van der Waals surface area contributed by atoms with Crippen molar-refractivity contribution in [3.05, 3.63) is 59.5 Å². The van der Waals surface area contributed by atoms with Crippen LogP contribution < -0.4 is 4.74 Å². The fourth-order valence-corrected chi connectivity index (χ4v) is 5.83. The van der Waals surface area contributed by atoms with Crippen molar-refractivity contribution in [2.45, 2.75) is 30.7 Å². The number of amides is 1. The van der Waals surface area contributed by atoms with Crippen molar-refractivity contribution in [1.29, 1.82) is 0 Å². The van der Waals surface area contributed by atoms with E-state index in [0.29, 0.717) is 6.54 Å². The van der Waals surface area contributed by atoms with Gasteiger partial charge in [0.25, 0.3) is 0 Å². The smallest absolute Gasteiger partial charge is 0.229 e. The largest absolute Gasteiger partial charge is 0.497 e. The van der Waals surface area contributed by atoms with Crippen LogP contribution in [0.2, 0.25) is 0 Å². The van der Waals surface area contributed by atoms with E-state index in [2.05, 4.69) is 33.6 Å². The van der Waals surface area contributed by atoms with Gasteiger partial charge in [0.15, 0.2) is 0 Å². The molecule has 8 heteroatoms. The van der Waals surface area contributed by atoms with Crippen LogP contribution in [0.3, 0.4) is 0 Å². The van der Waals surface area contributed by atoms with Crippen molar-refractivity contribution in [1.82, 2.24) is 19.4 Å². The minimum absolute atomic E-state index is 0. The second-order valence-corrected chi connectivity index (χ2v) is 9.50. The van der Waals surface area contributed by atoms with E-state index in [9.17, 15) is 9.90 Å². The first-order valence-corrected chi connectivity index (χ1v) is 11.6. The van der Waals surface area contributed by atoms with Crippen LogP contribution in [-0.2, 0) is 23.7 Å². The topological polar surface area (TPSA) is 70.8 Å². The molecular weight excluding hydrogens is 452 g/mol. The third-order valence-corrected chi connectivity index (χ3v) is 7.64. The Morgan fingerprint density at radius 3 is 2.62 bits per heavy atom. The number of piperidine rings is 1. The van der Waals surface area contributed by atoms with E-state index in [0.717, 1.165) is 48.6 Å². The normalized spacial score (nSPS) is 19.6. The molecule has 1 fully saturated rings. The maximum atomic E-state index is 13.6. The molecule has 182 valence electrons. The number of aliphatic hydroxyl groups is 1. The maximum Gasteiger partial charge on any atom is 0.229 e. The number of aromatic nitrogens is 2. The van der Waals surface area contributed by atoms with Gasteiger partial charge in [-0.15, -0.1) is 12.4 Å². The molecule has 0 radical (unpaired) electrons. The van der Waals surface area contributed by atoms with Crippen LogP contribution in [0.1, 0.15) is 35.8 Å². The molecule has 0 bridgehead atoms. The minimum Gasteiger partial charge on any atom is -0.497 e. The highest BCUT2D eigenvalue weighted by atomic mass is 35.5. The zero-order valence-electron chi connectivity index (χ0n) is 20.0. The van der Waals surface area contributed by atoms with E-state index in [4.69, 9.17) is 4.74 Å². The van der Waals surface area contributed by atoms with Gasteiger partial charge in [0, 0.05) is 48.0 Å². The number of hydrogen-bond donors (Lipinski definition) is 1. The Labute approximate surface area is 206 Å². The van der Waals surface area contributed by atoms with Gasteiger partial charge in [0.2, 0.25) is 5.91 Å². The van der Waals surface area contributed by atoms with E-state index in [1.165, 1.54) is 10.9 Å². The van der Waals surface area contributed by atoms with Crippen LogP contribution in [0.25, 0.3) is 10.9 Å². The van der Waals surface area contributed by atoms with Gasteiger partial charge in [-0.25, -0.2) is 0 Å². The number of ether oxygens (including phenoxy) is 1. The Morgan fingerprint density at radius 1 is 1.21 bits per heavy atom. The predicted molar refractivity (Wildman–Crippen MR) is 135 cm³/mol. The lowest BCUT2D eigenvalue weighted by molar-refractivity contribution is -0.136. The number of rotatable bonds is 4. The Morgan fingerprint density at radius 2 is 1.97 bits per heavy atom. The number of carbonyl (C=O) groups excluding carboxylic acids is 1. The Bertz CT molecular complexity index is 1170. The van der Waals surface area contributed by atoms with Gasteiger partial charge < -0.3 is 24.2 Å². The molecule has 7 nitrogen and oxygen atoms in total. The maximum absolute atomic E-state index is 13.6. The fourth-order valence-electron chi connectivity index (χ4n) is 5.83. The molecule has 0 aliphatic carbocycles. The van der Waals surface area contributed by atoms with Crippen molar-refractivity contribution in [3.63, 3.8) is 0 Å². The number of pyridine rings is 1. The number of methoxy groups -OCH3 is 1. The summed E-state index contributed by atoms with van der Waals surface area (Å²) in [7, 11) is 5.88. The van der Waals surface area contributed by atoms with Crippen LogP contribution in [0.15, 0.2) is 42.6 Å². The number of benzene rings is 1. The lowest BCUT2D eigenvalue weighted by Gasteiger charge is -2.50. The molecule has 3 aromatic rings. The van der Waals surface area contributed by atoms with Crippen molar-refractivity contribution < 1.29 is 14.6 Å². The predicted octanol–water partition coefficient (Wildman–Crippen LogP) is 3.09. The molecular formula is C26H33ClN4O3. The number of aliphatic hydroxyl groups excluding tert-OH is 1. The Hall–Kier alpha value is -2.61. The molecule has 4 heterocycles. The summed E-state index contributed by atoms with van der Waals surface area (Å²) in [5.74, 6) is 0.820. The molecule has 1 aromatic carbocycles. The second kappa shape index (κ2) is 9.56. The van der Waals surface area contributed by atoms with Gasteiger partial charge >= 0.3 is 0 Å². The highest BCUT2D eigenvalue weighted by molar-refractivity contribution is 5.90. The minimum atomic E-state index is -0.384. The van der Waals surface area contributed by atoms with Crippen molar-refractivity contribution >= 4 is 29.2 Å². The molecule has 1 N–H and O–H groups in total. The standard InChI is InChI=1S/C26H32N4O3.ClH/c1-28-12-9-26(10-13-28)17-30(23(32)14-18-6-4-5-11-27-18)22(16-31)25-24(26)20-8-7-19(33-3)15-21(20)29(25)2;/h4-8,11,15,22,31H,9-10,12-14,16-17H2,1-3H3;1H/t22-;/m1./s1. The van der Waals surface area contributed by atoms with Gasteiger partial charge in [-0.1, -0.05) is 6.07 Å². The number of halogens is 1. The van der Waals surface area contributed by atoms with Gasteiger partial charge in [-0.2, -0.15) is 0 Å². The number of likely N-dealkylation sites (tertiary alicyclic amines) is 1. The zero-order chi connectivity index (χ0) is 23.2. The summed E-state index contributed by atoms with van der Waals surface area (Å²) in [5.41, 5.74) is 4.04. The van der Waals surface area contributed by atoms with E-state index in [-0.39, 0.29) is 42.8 Å². The fraction of sp³-hybridized carbons (Fsp3) is 0.462. The van der Waals surface area contributed by atoms with Crippen LogP contribution >= 0.6 is 12.4 Å². The monoisotopic (exact) mass is 484 g/mol. The van der Waals surface area contributed by atoms with E-state index >= 15 is 0 Å². The first-order chi connectivity index (χ1) is 16.0. The summed E-state index contributed by atoms with van der Waals surface area (Å²) >= 11 is 0. The number of nitrogens with zero attached hydrogens (tertiary/aromatic N) is 4. The third-order valence-electron chi connectivity index (χ3n) is 7.64. The van der Waals surface area contributed by atoms with E-state index < -0.39 is 0 Å². The van der Waals surface area contributed by atoms with Crippen LogP contribution in [-0.4, -0.2) is 70.8 Å². The van der Waals surface area contributed by atoms with Gasteiger partial charge in [0.05, 0.1) is 31.7 Å². The summed E-state index contributed by atoms with van der Waals surface area (Å²) in [6.45, 7) is 2.48. The number of fused-ring (bicyclic) bond motifs is 4. The zero-order valence-corrected chi connectivity index (χ0v) is 20.8. The molecule has 0 unspecified atom stereocenters. The van der Waals surface area contributed by atoms with Gasteiger partial charge in [-0.05, 0) is 62.8 Å². The Kier molecular flexibility index (Phi) is 6.90. The first-order valence-electron chi connectivity index (χ1n) is 11.6. The van der Waals surface area contributed by atoms with Crippen molar-refractivity contribution in [2.24, 2.45) is 7.05 Å². The molecule has 1 saturated heterocycles. The summed E-state index contributed by atoms with van der Waals surface area (Å²) in [6.07, 6.45) is 3.91. The Balaban J connectivity index is 0.00000274. The summed E-state index contributed by atoms with van der Waals surface area (Å²) in [6, 6.07) is 11.5. The van der Waals surface area contributed by atoms with Crippen molar-refractivity contribution in [2.75, 3.05) is 40.4 Å². The highest BCUT2D eigenvalue weighted by Crippen LogP contribution is 2.50. The van der Waals surface area contributed by atoms with Crippen LogP contribution in [0.5, 0.6) is 5.75 Å². The lowest BCUT2D eigenvalue weighted by Crippen LogP contribution is -2.55. The van der Waals surface area contributed by atoms with E-state index in [1.54, 1.807) is 13.3 Å². The third kappa shape index (κ3) is 3.96. The summed E-state index contributed by atoms with van der Waals surface area (Å²) < 4.78 is 7.66. The number of carbonyl (C=O) groups is 1. The molecule has 2 aromatic heterocycles. The number of aryl methyl sites for hydroxylation is 1. The first kappa shape index (κ1) is 24.5. The summed E-state index contributed by atoms with van der Waals surface area (Å²) in [5, 5.41) is 11.7. The average Bonchev–Trinajstić information content (AvgIpc) is 3.14. The molecule has 1 spiro atoms. The highest BCUT2D eigenvalue weighted by Gasteiger charge is 2.49. The SMILES string of the molecule is COc1ccc2c3c(n(C)c2c1)[C@@H](CO)N(C(=O)Cc1ccccn1)CC31CCN(C)CC1.Cl. The van der Waals surface area contributed by atoms with Crippen molar-refractivity contribution in [3.8, 4) is 5.75 Å². The average molecular weight is 485 g/mol. The molecule has 5 rings (SSSR count). The van der Waals surface area contributed by atoms with E-state index in [1.807, 2.05) is 36.2 Å². The van der Waals surface area contributed by atoms with Crippen LogP contribution in [0, 0.1) is 0 Å². The second-order valence-electron chi connectivity index (χ2n) is 9.50. The molecule has 2 aliphatic rings. The quantitative estimate of drug-likeness (QED) is 0.616. The molecule has 1 amide bonds. The lowest BCUT2D eigenvalue weighted by atomic mass is 9.68.